The molecule has 6 nitrogen and oxygen atoms in total. The van der Waals surface area contributed by atoms with E-state index in [1.807, 2.05) is 30.3 Å². The Morgan fingerprint density at radius 3 is 2.79 bits per heavy atom. The van der Waals surface area contributed by atoms with Gasteiger partial charge in [0.05, 0.1) is 6.54 Å². The van der Waals surface area contributed by atoms with Crippen molar-refractivity contribution in [2.24, 2.45) is 10.7 Å². The number of carbonyl (C=O) groups is 2. The molecule has 1 heterocycles. The van der Waals surface area contributed by atoms with Crippen molar-refractivity contribution in [3.05, 3.63) is 82.3 Å². The number of nitrogens with zero attached hydrogens (tertiary/aromatic N) is 2. The molecule has 0 bridgehead atoms. The number of rotatable bonds is 6. The van der Waals surface area contributed by atoms with E-state index >= 15 is 0 Å². The fourth-order valence-corrected chi connectivity index (χ4v) is 3.50. The predicted octanol–water partition coefficient (Wildman–Crippen LogP) is 2.94. The molecule has 28 heavy (non-hydrogen) atoms. The van der Waals surface area contributed by atoms with E-state index in [2.05, 4.69) is 32.8 Å². The molecule has 0 saturated carbocycles. The van der Waals surface area contributed by atoms with E-state index in [1.54, 1.807) is 31.2 Å². The zero-order valence-electron chi connectivity index (χ0n) is 15.5. The number of benzene rings is 2. The van der Waals surface area contributed by atoms with E-state index in [-0.39, 0.29) is 24.3 Å². The lowest BCUT2D eigenvalue weighted by molar-refractivity contribution is -0.131. The van der Waals surface area contributed by atoms with Crippen molar-refractivity contribution in [3.8, 4) is 0 Å². The second kappa shape index (κ2) is 7.98. The SMILES string of the molecule is C=CCNC(=O)c1cccc(CN2C(=O)C(C)(c3cccc(Br)c3)N=C2N)c1. The standard InChI is InChI=1S/C21H21BrN4O2/c1-3-10-24-18(27)15-7-4-6-14(11-15)13-26-19(28)21(2,25-20(26)23)16-8-5-9-17(22)12-16/h3-9,11-12H,1,10,13H2,2H3,(H2,23,25)(H,24,27). The lowest BCUT2D eigenvalue weighted by Gasteiger charge is -2.23. The van der Waals surface area contributed by atoms with Crippen molar-refractivity contribution in [2.75, 3.05) is 6.54 Å². The summed E-state index contributed by atoms with van der Waals surface area (Å²) in [6, 6.07) is 14.6. The molecule has 2 amide bonds. The first-order valence-corrected chi connectivity index (χ1v) is 9.56. The minimum atomic E-state index is -1.08. The van der Waals surface area contributed by atoms with Gasteiger partial charge in [-0.25, -0.2) is 4.99 Å². The normalized spacial score (nSPS) is 18.7. The molecule has 3 rings (SSSR count). The zero-order valence-corrected chi connectivity index (χ0v) is 17.1. The first kappa shape index (κ1) is 19.8. The number of carbonyl (C=O) groups excluding carboxylic acids is 2. The monoisotopic (exact) mass is 440 g/mol. The molecule has 7 heteroatoms. The fraction of sp³-hybridized carbons (Fsp3) is 0.190. The Labute approximate surface area is 172 Å². The van der Waals surface area contributed by atoms with Crippen LogP contribution in [-0.2, 0) is 16.9 Å². The summed E-state index contributed by atoms with van der Waals surface area (Å²) in [5, 5.41) is 2.74. The summed E-state index contributed by atoms with van der Waals surface area (Å²) in [5.74, 6) is -0.242. The third-order valence-corrected chi connectivity index (χ3v) is 5.09. The highest BCUT2D eigenvalue weighted by Gasteiger charge is 2.45. The van der Waals surface area contributed by atoms with Gasteiger partial charge < -0.3 is 11.1 Å². The maximum atomic E-state index is 13.1. The minimum absolute atomic E-state index is 0.161. The first-order chi connectivity index (χ1) is 13.3. The van der Waals surface area contributed by atoms with Crippen molar-refractivity contribution in [3.63, 3.8) is 0 Å². The van der Waals surface area contributed by atoms with Crippen LogP contribution in [-0.4, -0.2) is 29.2 Å². The molecule has 0 radical (unpaired) electrons. The molecule has 0 aromatic heterocycles. The van der Waals surface area contributed by atoms with E-state index in [4.69, 9.17) is 5.73 Å². The molecule has 144 valence electrons. The number of guanidine groups is 1. The Morgan fingerprint density at radius 2 is 2.07 bits per heavy atom. The fourth-order valence-electron chi connectivity index (χ4n) is 3.10. The largest absolute Gasteiger partial charge is 0.369 e. The Hall–Kier alpha value is -2.93. The summed E-state index contributed by atoms with van der Waals surface area (Å²) in [6.07, 6.45) is 1.62. The van der Waals surface area contributed by atoms with Gasteiger partial charge in [-0.2, -0.15) is 0 Å². The molecule has 3 N–H and O–H groups in total. The number of amides is 2. The van der Waals surface area contributed by atoms with Crippen molar-refractivity contribution < 1.29 is 9.59 Å². The topological polar surface area (TPSA) is 87.8 Å². The molecule has 1 aliphatic rings. The van der Waals surface area contributed by atoms with Gasteiger partial charge in [0.25, 0.3) is 11.8 Å². The van der Waals surface area contributed by atoms with Crippen molar-refractivity contribution in [1.82, 2.24) is 10.2 Å². The maximum Gasteiger partial charge on any atom is 0.261 e. The average molecular weight is 441 g/mol. The van der Waals surface area contributed by atoms with Gasteiger partial charge >= 0.3 is 0 Å². The molecule has 2 aromatic carbocycles. The first-order valence-electron chi connectivity index (χ1n) is 8.76. The number of hydrogen-bond donors (Lipinski definition) is 2. The van der Waals surface area contributed by atoms with E-state index in [0.29, 0.717) is 12.1 Å². The van der Waals surface area contributed by atoms with Crippen LogP contribution in [0.4, 0.5) is 0 Å². The molecule has 0 fully saturated rings. The van der Waals surface area contributed by atoms with Gasteiger partial charge in [-0.05, 0) is 42.3 Å². The van der Waals surface area contributed by atoms with Crippen molar-refractivity contribution >= 4 is 33.7 Å². The van der Waals surface area contributed by atoms with Crippen LogP contribution in [0.1, 0.15) is 28.4 Å². The summed E-state index contributed by atoms with van der Waals surface area (Å²) in [7, 11) is 0. The zero-order chi connectivity index (χ0) is 20.3. The highest BCUT2D eigenvalue weighted by atomic mass is 79.9. The van der Waals surface area contributed by atoms with Crippen LogP contribution in [0.3, 0.4) is 0 Å². The van der Waals surface area contributed by atoms with Gasteiger partial charge in [0.1, 0.15) is 0 Å². The van der Waals surface area contributed by atoms with E-state index < -0.39 is 5.54 Å². The molecule has 0 spiro atoms. The Bertz CT molecular complexity index is 972. The third kappa shape index (κ3) is 3.84. The summed E-state index contributed by atoms with van der Waals surface area (Å²) < 4.78 is 0.865. The number of hydrogen-bond acceptors (Lipinski definition) is 4. The smallest absolute Gasteiger partial charge is 0.261 e. The van der Waals surface area contributed by atoms with Crippen molar-refractivity contribution in [2.45, 2.75) is 19.0 Å². The number of aliphatic imine (C=N–C) groups is 1. The van der Waals surface area contributed by atoms with Gasteiger partial charge in [0.2, 0.25) is 0 Å². The summed E-state index contributed by atoms with van der Waals surface area (Å²) in [4.78, 5) is 31.2. The van der Waals surface area contributed by atoms with E-state index in [1.165, 1.54) is 4.90 Å². The molecular weight excluding hydrogens is 420 g/mol. The number of nitrogens with two attached hydrogens (primary N) is 1. The quantitative estimate of drug-likeness (QED) is 0.676. The van der Waals surface area contributed by atoms with Crippen LogP contribution in [0.5, 0.6) is 0 Å². The van der Waals surface area contributed by atoms with Gasteiger partial charge in [0.15, 0.2) is 11.5 Å². The van der Waals surface area contributed by atoms with Crippen LogP contribution in [0.25, 0.3) is 0 Å². The summed E-state index contributed by atoms with van der Waals surface area (Å²) >= 11 is 3.43. The molecule has 1 atom stereocenters. The van der Waals surface area contributed by atoms with Gasteiger partial charge in [0, 0.05) is 16.6 Å². The van der Waals surface area contributed by atoms with Crippen LogP contribution in [0, 0.1) is 0 Å². The van der Waals surface area contributed by atoms with Crippen molar-refractivity contribution in [1.29, 1.82) is 0 Å². The van der Waals surface area contributed by atoms with Crippen LogP contribution in [0.15, 0.2) is 70.7 Å². The Kier molecular flexibility index (Phi) is 5.65. The minimum Gasteiger partial charge on any atom is -0.369 e. The van der Waals surface area contributed by atoms with E-state index in [9.17, 15) is 9.59 Å². The second-order valence-electron chi connectivity index (χ2n) is 6.64. The number of halogens is 1. The van der Waals surface area contributed by atoms with Crippen LogP contribution in [0.2, 0.25) is 0 Å². The van der Waals surface area contributed by atoms with Gasteiger partial charge in [-0.15, -0.1) is 6.58 Å². The van der Waals surface area contributed by atoms with Crippen LogP contribution >= 0.6 is 15.9 Å². The van der Waals surface area contributed by atoms with Gasteiger partial charge in [-0.1, -0.05) is 46.3 Å². The number of nitrogens with one attached hydrogen (secondary N) is 1. The molecule has 1 aliphatic heterocycles. The molecule has 1 unspecified atom stereocenters. The third-order valence-electron chi connectivity index (χ3n) is 4.60. The molecule has 0 saturated heterocycles. The highest BCUT2D eigenvalue weighted by Crippen LogP contribution is 2.34. The van der Waals surface area contributed by atoms with E-state index in [0.717, 1.165) is 15.6 Å². The lowest BCUT2D eigenvalue weighted by Crippen LogP contribution is -2.41. The average Bonchev–Trinajstić information content (AvgIpc) is 2.90. The highest BCUT2D eigenvalue weighted by molar-refractivity contribution is 9.10. The summed E-state index contributed by atoms with van der Waals surface area (Å²) in [6.45, 7) is 5.96. The van der Waals surface area contributed by atoms with Gasteiger partial charge in [-0.3, -0.25) is 14.5 Å². The van der Waals surface area contributed by atoms with Crippen LogP contribution < -0.4 is 11.1 Å². The second-order valence-corrected chi connectivity index (χ2v) is 7.56. The lowest BCUT2D eigenvalue weighted by atomic mass is 9.92. The Morgan fingerprint density at radius 1 is 1.32 bits per heavy atom. The maximum absolute atomic E-state index is 13.1. The Balaban J connectivity index is 1.82. The molecular formula is C21H21BrN4O2. The molecule has 2 aromatic rings. The summed E-state index contributed by atoms with van der Waals surface area (Å²) in [5.41, 5.74) is 7.07. The molecule has 0 aliphatic carbocycles. The predicted molar refractivity (Wildman–Crippen MR) is 113 cm³/mol.